The number of halogens is 1. The number of anilines is 1. The summed E-state index contributed by atoms with van der Waals surface area (Å²) in [6.07, 6.45) is 3.21. The molecule has 0 bridgehead atoms. The van der Waals surface area contributed by atoms with Gasteiger partial charge >= 0.3 is 0 Å². The summed E-state index contributed by atoms with van der Waals surface area (Å²) in [5.74, 6) is 0. The van der Waals surface area contributed by atoms with Crippen molar-refractivity contribution in [1.82, 2.24) is 0 Å². The zero-order valence-electron chi connectivity index (χ0n) is 10.5. The van der Waals surface area contributed by atoms with Crippen molar-refractivity contribution in [2.45, 2.75) is 24.8 Å². The molecular weight excluding hydrogens is 248 g/mol. The molecule has 18 heavy (non-hydrogen) atoms. The predicted molar refractivity (Wildman–Crippen MR) is 74.3 cm³/mol. The van der Waals surface area contributed by atoms with Crippen LogP contribution in [0.2, 0.25) is 5.02 Å². The quantitative estimate of drug-likeness (QED) is 0.912. The summed E-state index contributed by atoms with van der Waals surface area (Å²) >= 11 is 6.39. The van der Waals surface area contributed by atoms with Crippen molar-refractivity contribution in [3.05, 3.63) is 28.8 Å². The fourth-order valence-electron chi connectivity index (χ4n) is 2.46. The highest BCUT2D eigenvalue weighted by molar-refractivity contribution is 6.33. The van der Waals surface area contributed by atoms with Crippen molar-refractivity contribution in [2.24, 2.45) is 5.73 Å². The molecule has 0 atom stereocenters. The van der Waals surface area contributed by atoms with Gasteiger partial charge in [0.25, 0.3) is 0 Å². The van der Waals surface area contributed by atoms with Gasteiger partial charge in [-0.2, -0.15) is 0 Å². The number of rotatable bonds is 3. The molecule has 0 aromatic heterocycles. The molecule has 2 aliphatic rings. The summed E-state index contributed by atoms with van der Waals surface area (Å²) in [5, 5.41) is 0.832. The Morgan fingerprint density at radius 1 is 1.28 bits per heavy atom. The maximum Gasteiger partial charge on any atom is 0.0642 e. The van der Waals surface area contributed by atoms with Crippen LogP contribution >= 0.6 is 11.6 Å². The van der Waals surface area contributed by atoms with Gasteiger partial charge in [-0.3, -0.25) is 0 Å². The fourth-order valence-corrected chi connectivity index (χ4v) is 2.79. The molecule has 1 aromatic rings. The molecule has 1 aliphatic heterocycles. The van der Waals surface area contributed by atoms with Crippen LogP contribution in [-0.2, 0) is 11.2 Å². The molecule has 1 aromatic carbocycles. The molecule has 2 N–H and O–H groups in total. The van der Waals surface area contributed by atoms with Crippen LogP contribution in [-0.4, -0.2) is 31.8 Å². The Hall–Kier alpha value is -0.770. The molecule has 2 fully saturated rings. The predicted octanol–water partition coefficient (Wildman–Crippen LogP) is 2.21. The van der Waals surface area contributed by atoms with Crippen LogP contribution in [0.25, 0.3) is 0 Å². The smallest absolute Gasteiger partial charge is 0.0642 e. The molecule has 0 radical (unpaired) electrons. The van der Waals surface area contributed by atoms with Crippen molar-refractivity contribution in [3.8, 4) is 0 Å². The maximum absolute atomic E-state index is 6.39. The van der Waals surface area contributed by atoms with E-state index in [4.69, 9.17) is 22.1 Å². The first-order valence-electron chi connectivity index (χ1n) is 6.56. The maximum atomic E-state index is 6.39. The second-order valence-corrected chi connectivity index (χ2v) is 5.83. The van der Waals surface area contributed by atoms with Gasteiger partial charge in [-0.05, 0) is 37.0 Å². The Morgan fingerprint density at radius 2 is 2.00 bits per heavy atom. The monoisotopic (exact) mass is 266 g/mol. The van der Waals surface area contributed by atoms with E-state index in [0.717, 1.165) is 56.3 Å². The lowest BCUT2D eigenvalue weighted by Gasteiger charge is -2.29. The van der Waals surface area contributed by atoms with Crippen LogP contribution < -0.4 is 10.6 Å². The van der Waals surface area contributed by atoms with E-state index in [-0.39, 0.29) is 5.54 Å². The van der Waals surface area contributed by atoms with Gasteiger partial charge < -0.3 is 15.4 Å². The minimum absolute atomic E-state index is 0.0454. The zero-order chi connectivity index (χ0) is 12.6. The first-order valence-corrected chi connectivity index (χ1v) is 6.94. The van der Waals surface area contributed by atoms with Gasteiger partial charge in [0.1, 0.15) is 0 Å². The Balaban J connectivity index is 1.75. The molecule has 0 amide bonds. The van der Waals surface area contributed by atoms with Crippen molar-refractivity contribution >= 4 is 17.3 Å². The van der Waals surface area contributed by atoms with Crippen LogP contribution in [0.5, 0.6) is 0 Å². The molecule has 4 heteroatoms. The number of ether oxygens (including phenoxy) is 1. The summed E-state index contributed by atoms with van der Waals surface area (Å²) in [7, 11) is 0. The molecule has 3 nitrogen and oxygen atoms in total. The molecule has 0 unspecified atom stereocenters. The van der Waals surface area contributed by atoms with E-state index in [9.17, 15) is 0 Å². The van der Waals surface area contributed by atoms with Crippen LogP contribution in [0.1, 0.15) is 18.4 Å². The summed E-state index contributed by atoms with van der Waals surface area (Å²) in [5.41, 5.74) is 8.55. The van der Waals surface area contributed by atoms with Gasteiger partial charge in [-0.1, -0.05) is 17.7 Å². The molecule has 98 valence electrons. The Kier molecular flexibility index (Phi) is 3.22. The topological polar surface area (TPSA) is 38.5 Å². The standard InChI is InChI=1S/C14H19ClN2O/c15-12-9-11(10-14(16)3-4-14)1-2-13(12)17-5-7-18-8-6-17/h1-2,9H,3-8,10,16H2. The molecular formula is C14H19ClN2O. The van der Waals surface area contributed by atoms with E-state index in [1.165, 1.54) is 5.56 Å². The van der Waals surface area contributed by atoms with Crippen LogP contribution in [0.15, 0.2) is 18.2 Å². The highest BCUT2D eigenvalue weighted by Crippen LogP contribution is 2.37. The van der Waals surface area contributed by atoms with E-state index in [2.05, 4.69) is 23.1 Å². The lowest BCUT2D eigenvalue weighted by molar-refractivity contribution is 0.122. The van der Waals surface area contributed by atoms with Gasteiger partial charge in [0.2, 0.25) is 0 Å². The fraction of sp³-hybridized carbons (Fsp3) is 0.571. The minimum atomic E-state index is 0.0454. The Bertz CT molecular complexity index is 439. The van der Waals surface area contributed by atoms with E-state index < -0.39 is 0 Å². The highest BCUT2D eigenvalue weighted by Gasteiger charge is 2.38. The van der Waals surface area contributed by atoms with Crippen LogP contribution in [0.3, 0.4) is 0 Å². The Morgan fingerprint density at radius 3 is 2.61 bits per heavy atom. The molecule has 1 aliphatic carbocycles. The van der Waals surface area contributed by atoms with Crippen LogP contribution in [0, 0.1) is 0 Å². The number of morpholine rings is 1. The average Bonchev–Trinajstić information content (AvgIpc) is 3.08. The first kappa shape index (κ1) is 12.3. The summed E-state index contributed by atoms with van der Waals surface area (Å²) in [4.78, 5) is 2.28. The van der Waals surface area contributed by atoms with E-state index >= 15 is 0 Å². The van der Waals surface area contributed by atoms with Gasteiger partial charge in [0.05, 0.1) is 23.9 Å². The molecule has 1 saturated carbocycles. The number of hydrogen-bond acceptors (Lipinski definition) is 3. The highest BCUT2D eigenvalue weighted by atomic mass is 35.5. The zero-order valence-corrected chi connectivity index (χ0v) is 11.2. The van der Waals surface area contributed by atoms with Gasteiger partial charge in [0.15, 0.2) is 0 Å². The second kappa shape index (κ2) is 4.72. The molecule has 3 rings (SSSR count). The largest absolute Gasteiger partial charge is 0.378 e. The summed E-state index contributed by atoms with van der Waals surface area (Å²) in [6.45, 7) is 3.40. The van der Waals surface area contributed by atoms with E-state index in [0.29, 0.717) is 0 Å². The third-order valence-corrected chi connectivity index (χ3v) is 4.12. The SMILES string of the molecule is NC1(Cc2ccc(N3CCOCC3)c(Cl)c2)CC1. The number of nitrogens with two attached hydrogens (primary N) is 1. The lowest BCUT2D eigenvalue weighted by Crippen LogP contribution is -2.36. The minimum Gasteiger partial charge on any atom is -0.378 e. The van der Waals surface area contributed by atoms with Crippen molar-refractivity contribution in [2.75, 3.05) is 31.2 Å². The number of nitrogens with zero attached hydrogens (tertiary/aromatic N) is 1. The molecule has 1 saturated heterocycles. The number of hydrogen-bond donors (Lipinski definition) is 1. The Labute approximate surface area is 113 Å². The van der Waals surface area contributed by atoms with Gasteiger partial charge in [-0.15, -0.1) is 0 Å². The first-order chi connectivity index (χ1) is 8.66. The van der Waals surface area contributed by atoms with E-state index in [1.54, 1.807) is 0 Å². The summed E-state index contributed by atoms with van der Waals surface area (Å²) < 4.78 is 5.36. The number of benzene rings is 1. The van der Waals surface area contributed by atoms with Crippen molar-refractivity contribution in [3.63, 3.8) is 0 Å². The van der Waals surface area contributed by atoms with Gasteiger partial charge in [-0.25, -0.2) is 0 Å². The summed E-state index contributed by atoms with van der Waals surface area (Å²) in [6, 6.07) is 6.34. The normalized spacial score (nSPS) is 22.0. The van der Waals surface area contributed by atoms with Crippen LogP contribution in [0.4, 0.5) is 5.69 Å². The van der Waals surface area contributed by atoms with E-state index in [1.807, 2.05) is 0 Å². The van der Waals surface area contributed by atoms with Crippen molar-refractivity contribution < 1.29 is 4.74 Å². The molecule has 0 spiro atoms. The average molecular weight is 267 g/mol. The lowest BCUT2D eigenvalue weighted by atomic mass is 10.0. The van der Waals surface area contributed by atoms with Crippen molar-refractivity contribution in [1.29, 1.82) is 0 Å². The molecule has 1 heterocycles. The third kappa shape index (κ3) is 2.63. The third-order valence-electron chi connectivity index (χ3n) is 3.81. The second-order valence-electron chi connectivity index (χ2n) is 5.42. The van der Waals surface area contributed by atoms with Gasteiger partial charge in [0, 0.05) is 18.6 Å².